The average Bonchev–Trinajstić information content (AvgIpc) is 3.24. The number of nitrogens with zero attached hydrogens (tertiary/aromatic N) is 2. The highest BCUT2D eigenvalue weighted by atomic mass is 35.5. The van der Waals surface area contributed by atoms with Crippen LogP contribution in [-0.2, 0) is 20.9 Å². The highest BCUT2D eigenvalue weighted by molar-refractivity contribution is 8.18. The van der Waals surface area contributed by atoms with Gasteiger partial charge in [0.2, 0.25) is 5.91 Å². The third kappa shape index (κ3) is 6.86. The maximum absolute atomic E-state index is 13.0. The molecule has 10 nitrogen and oxygen atoms in total. The molecule has 214 valence electrons. The second-order valence-electron chi connectivity index (χ2n) is 8.59. The van der Waals surface area contributed by atoms with Crippen LogP contribution in [0.3, 0.4) is 0 Å². The van der Waals surface area contributed by atoms with Gasteiger partial charge in [-0.15, -0.1) is 0 Å². The molecule has 4 rings (SSSR count). The van der Waals surface area contributed by atoms with Crippen molar-refractivity contribution >= 4 is 69.8 Å². The quantitative estimate of drug-likeness (QED) is 0.227. The highest BCUT2D eigenvalue weighted by Gasteiger charge is 2.36. The predicted octanol–water partition coefficient (Wildman–Crippen LogP) is 5.91. The molecule has 1 N–H and O–H groups in total. The number of amides is 3. The number of ether oxygens (including phenoxy) is 3. The minimum atomic E-state index is -0.687. The molecule has 0 spiro atoms. The topological polar surface area (TPSA) is 135 Å². The summed E-state index contributed by atoms with van der Waals surface area (Å²) in [4.78, 5) is 51.0. The van der Waals surface area contributed by atoms with Crippen LogP contribution >= 0.6 is 35.0 Å². The van der Waals surface area contributed by atoms with Crippen molar-refractivity contribution in [3.63, 3.8) is 0 Å². The molecule has 3 aromatic rings. The molecule has 3 amide bonds. The van der Waals surface area contributed by atoms with Crippen molar-refractivity contribution in [1.29, 1.82) is 5.26 Å². The van der Waals surface area contributed by atoms with E-state index in [4.69, 9.17) is 32.7 Å². The van der Waals surface area contributed by atoms with Gasteiger partial charge in [0.05, 0.1) is 46.4 Å². The number of methoxy groups -OCH3 is 2. The van der Waals surface area contributed by atoms with Crippen LogP contribution in [0.1, 0.15) is 27.0 Å². The normalized spacial score (nSPS) is 13.6. The smallest absolute Gasteiger partial charge is 0.339 e. The van der Waals surface area contributed by atoms with Crippen LogP contribution in [0.25, 0.3) is 6.08 Å². The molecule has 1 saturated heterocycles. The van der Waals surface area contributed by atoms with Gasteiger partial charge in [0, 0.05) is 11.3 Å². The van der Waals surface area contributed by atoms with Gasteiger partial charge in [-0.2, -0.15) is 5.26 Å². The average molecular weight is 626 g/mol. The van der Waals surface area contributed by atoms with Crippen LogP contribution in [0.2, 0.25) is 10.0 Å². The first-order chi connectivity index (χ1) is 20.1. The zero-order chi connectivity index (χ0) is 30.4. The number of nitrogens with one attached hydrogen (secondary N) is 1. The molecule has 1 aliphatic rings. The number of esters is 1. The molecule has 0 radical (unpaired) electrons. The van der Waals surface area contributed by atoms with Gasteiger partial charge in [0.15, 0.2) is 11.5 Å². The second kappa shape index (κ2) is 13.4. The van der Waals surface area contributed by atoms with Crippen molar-refractivity contribution in [1.82, 2.24) is 4.90 Å². The van der Waals surface area contributed by atoms with Gasteiger partial charge < -0.3 is 19.5 Å². The molecule has 1 fully saturated rings. The van der Waals surface area contributed by atoms with Crippen LogP contribution in [0.5, 0.6) is 11.5 Å². The molecule has 0 bridgehead atoms. The minimum absolute atomic E-state index is 0.0450. The summed E-state index contributed by atoms with van der Waals surface area (Å²) in [5.74, 6) is -1.51. The lowest BCUT2D eigenvalue weighted by atomic mass is 10.1. The number of benzene rings is 3. The van der Waals surface area contributed by atoms with Crippen molar-refractivity contribution in [2.24, 2.45) is 0 Å². The summed E-state index contributed by atoms with van der Waals surface area (Å²) in [6, 6.07) is 16.4. The molecule has 0 unspecified atom stereocenters. The summed E-state index contributed by atoms with van der Waals surface area (Å²) in [5.41, 5.74) is 1.86. The fourth-order valence-electron chi connectivity index (χ4n) is 3.87. The van der Waals surface area contributed by atoms with E-state index in [1.807, 2.05) is 0 Å². The van der Waals surface area contributed by atoms with Crippen LogP contribution in [0.4, 0.5) is 10.5 Å². The summed E-state index contributed by atoms with van der Waals surface area (Å²) >= 11 is 13.1. The van der Waals surface area contributed by atoms with E-state index in [2.05, 4.69) is 16.1 Å². The number of carbonyl (C=O) groups is 4. The first-order valence-corrected chi connectivity index (χ1v) is 13.6. The lowest BCUT2D eigenvalue weighted by Crippen LogP contribution is -2.36. The maximum atomic E-state index is 13.0. The van der Waals surface area contributed by atoms with E-state index in [-0.39, 0.29) is 44.3 Å². The molecular weight excluding hydrogens is 605 g/mol. The molecule has 3 aromatic carbocycles. The summed E-state index contributed by atoms with van der Waals surface area (Å²) in [6.45, 7) is -0.487. The van der Waals surface area contributed by atoms with Crippen LogP contribution in [-0.4, -0.2) is 48.7 Å². The van der Waals surface area contributed by atoms with E-state index in [1.165, 1.54) is 44.6 Å². The Balaban J connectivity index is 1.47. The predicted molar refractivity (Wildman–Crippen MR) is 158 cm³/mol. The number of nitriles is 1. The van der Waals surface area contributed by atoms with E-state index in [0.717, 1.165) is 4.90 Å². The van der Waals surface area contributed by atoms with Crippen LogP contribution in [0.15, 0.2) is 59.5 Å². The summed E-state index contributed by atoms with van der Waals surface area (Å²) in [7, 11) is 2.62. The Kier molecular flexibility index (Phi) is 9.75. The minimum Gasteiger partial charge on any atom is -0.493 e. The molecule has 0 atom stereocenters. The summed E-state index contributed by atoms with van der Waals surface area (Å²) in [5, 5.41) is 11.5. The van der Waals surface area contributed by atoms with E-state index in [1.54, 1.807) is 30.3 Å². The SMILES string of the molecule is COC(=O)c1cc(NC(=O)CN2C(=O)S/C(=C\c3cc(Cl)c(OCc4ccccc4C#N)c(OC)c3)C2=O)ccc1Cl. The van der Waals surface area contributed by atoms with Gasteiger partial charge in [-0.1, -0.05) is 41.4 Å². The van der Waals surface area contributed by atoms with Gasteiger partial charge in [-0.05, 0) is 59.8 Å². The van der Waals surface area contributed by atoms with Gasteiger partial charge in [-0.25, -0.2) is 4.79 Å². The van der Waals surface area contributed by atoms with E-state index < -0.39 is 29.6 Å². The van der Waals surface area contributed by atoms with Gasteiger partial charge in [0.25, 0.3) is 11.1 Å². The first kappa shape index (κ1) is 30.5. The van der Waals surface area contributed by atoms with Crippen molar-refractivity contribution in [2.75, 3.05) is 26.1 Å². The number of halogens is 2. The number of thioether (sulfide) groups is 1. The maximum Gasteiger partial charge on any atom is 0.339 e. The molecule has 0 saturated carbocycles. The Labute approximate surface area is 254 Å². The lowest BCUT2D eigenvalue weighted by molar-refractivity contribution is -0.127. The molecule has 1 heterocycles. The zero-order valence-electron chi connectivity index (χ0n) is 22.1. The molecular formula is C29H21Cl2N3O7S. The largest absolute Gasteiger partial charge is 0.493 e. The van der Waals surface area contributed by atoms with Crippen molar-refractivity contribution < 1.29 is 33.4 Å². The van der Waals surface area contributed by atoms with E-state index in [0.29, 0.717) is 28.5 Å². The monoisotopic (exact) mass is 625 g/mol. The van der Waals surface area contributed by atoms with Crippen LogP contribution in [0, 0.1) is 11.3 Å². The highest BCUT2D eigenvalue weighted by Crippen LogP contribution is 2.39. The van der Waals surface area contributed by atoms with E-state index in [9.17, 15) is 24.4 Å². The van der Waals surface area contributed by atoms with Gasteiger partial charge in [-0.3, -0.25) is 19.3 Å². The van der Waals surface area contributed by atoms with E-state index >= 15 is 0 Å². The van der Waals surface area contributed by atoms with Crippen molar-refractivity contribution in [3.8, 4) is 17.6 Å². The third-order valence-corrected chi connectivity index (χ3v) is 7.41. The molecule has 0 aromatic heterocycles. The second-order valence-corrected chi connectivity index (χ2v) is 10.4. The Morgan fingerprint density at radius 3 is 2.55 bits per heavy atom. The van der Waals surface area contributed by atoms with Gasteiger partial charge in [0.1, 0.15) is 13.2 Å². The Morgan fingerprint density at radius 2 is 1.83 bits per heavy atom. The van der Waals surface area contributed by atoms with Crippen molar-refractivity contribution in [2.45, 2.75) is 6.61 Å². The number of rotatable bonds is 9. The third-order valence-electron chi connectivity index (χ3n) is 5.89. The fourth-order valence-corrected chi connectivity index (χ4v) is 5.18. The molecule has 42 heavy (non-hydrogen) atoms. The Morgan fingerprint density at radius 1 is 1.07 bits per heavy atom. The Hall–Kier alpha value is -4.50. The first-order valence-electron chi connectivity index (χ1n) is 12.1. The zero-order valence-corrected chi connectivity index (χ0v) is 24.4. The number of carbonyl (C=O) groups excluding carboxylic acids is 4. The van der Waals surface area contributed by atoms with Crippen LogP contribution < -0.4 is 14.8 Å². The number of imide groups is 1. The fraction of sp³-hybridized carbons (Fsp3) is 0.138. The van der Waals surface area contributed by atoms with Crippen molar-refractivity contribution in [3.05, 3.63) is 91.8 Å². The standard InChI is InChI=1S/C29H21Cl2N3O7S/c1-39-23-10-16(9-22(31)26(23)41-15-18-6-4-3-5-17(18)13-32)11-24-27(36)34(29(38)42-24)14-25(35)33-19-7-8-21(30)20(12-19)28(37)40-2/h3-12H,14-15H2,1-2H3,(H,33,35)/b24-11-. The summed E-state index contributed by atoms with van der Waals surface area (Å²) in [6.07, 6.45) is 1.45. The molecule has 0 aliphatic carbocycles. The van der Waals surface area contributed by atoms with Gasteiger partial charge >= 0.3 is 5.97 Å². The molecule has 1 aliphatic heterocycles. The Bertz CT molecular complexity index is 1670. The number of hydrogen-bond acceptors (Lipinski definition) is 9. The lowest BCUT2D eigenvalue weighted by Gasteiger charge is -2.14. The summed E-state index contributed by atoms with van der Waals surface area (Å²) < 4.78 is 15.9. The molecule has 13 heteroatoms. The number of hydrogen-bond donors (Lipinski definition) is 1. The number of anilines is 1.